The van der Waals surface area contributed by atoms with Gasteiger partial charge in [-0.2, -0.15) is 0 Å². The van der Waals surface area contributed by atoms with Crippen molar-refractivity contribution >= 4 is 17.9 Å². The van der Waals surface area contributed by atoms with E-state index < -0.39 is 5.97 Å². The molecule has 2 rings (SSSR count). The van der Waals surface area contributed by atoms with Crippen molar-refractivity contribution in [2.45, 2.75) is 13.8 Å². The summed E-state index contributed by atoms with van der Waals surface area (Å²) in [6.45, 7) is 3.37. The molecule has 0 saturated heterocycles. The van der Waals surface area contributed by atoms with Crippen LogP contribution in [0.3, 0.4) is 0 Å². The highest BCUT2D eigenvalue weighted by Gasteiger charge is 2.11. The molecule has 118 valence electrons. The van der Waals surface area contributed by atoms with E-state index >= 15 is 0 Å². The van der Waals surface area contributed by atoms with Crippen LogP contribution in [-0.4, -0.2) is 28.9 Å². The van der Waals surface area contributed by atoms with E-state index in [9.17, 15) is 9.90 Å². The molecule has 2 aromatic rings. The van der Waals surface area contributed by atoms with Crippen LogP contribution in [0, 0.1) is 0 Å². The van der Waals surface area contributed by atoms with E-state index in [2.05, 4.69) is 9.98 Å². The van der Waals surface area contributed by atoms with Crippen molar-refractivity contribution < 1.29 is 14.6 Å². The molecule has 1 N–H and O–H groups in total. The number of carbonyl (C=O) groups is 1. The Hall–Kier alpha value is -2.95. The molecule has 0 unspecified atom stereocenters. The summed E-state index contributed by atoms with van der Waals surface area (Å²) in [6, 6.07) is 11.4. The highest BCUT2D eigenvalue weighted by Crippen LogP contribution is 2.23. The van der Waals surface area contributed by atoms with E-state index in [4.69, 9.17) is 4.74 Å². The third-order valence-corrected chi connectivity index (χ3v) is 3.09. The van der Waals surface area contributed by atoms with Gasteiger partial charge in [-0.1, -0.05) is 12.1 Å². The highest BCUT2D eigenvalue weighted by molar-refractivity contribution is 6.10. The predicted molar refractivity (Wildman–Crippen MR) is 89.8 cm³/mol. The first kappa shape index (κ1) is 16.4. The molecule has 0 atom stereocenters. The minimum atomic E-state index is -0.596. The third kappa shape index (κ3) is 4.51. The number of ether oxygens (including phenoxy) is 1. The maximum atomic E-state index is 11.8. The number of rotatable bonds is 5. The van der Waals surface area contributed by atoms with Gasteiger partial charge in [-0.3, -0.25) is 9.98 Å². The Morgan fingerprint density at radius 1 is 1.26 bits per heavy atom. The Bertz CT molecular complexity index is 733. The normalized spacial score (nSPS) is 12.1. The van der Waals surface area contributed by atoms with Gasteiger partial charge in [0.2, 0.25) is 0 Å². The van der Waals surface area contributed by atoms with Gasteiger partial charge in [-0.05, 0) is 49.2 Å². The number of pyridine rings is 1. The van der Waals surface area contributed by atoms with Crippen LogP contribution in [0.1, 0.15) is 13.8 Å². The predicted octanol–water partition coefficient (Wildman–Crippen LogP) is 3.85. The lowest BCUT2D eigenvalue weighted by Gasteiger charge is -2.04. The van der Waals surface area contributed by atoms with Gasteiger partial charge >= 0.3 is 5.97 Å². The van der Waals surface area contributed by atoms with Crippen molar-refractivity contribution in [2.75, 3.05) is 6.61 Å². The molecular weight excluding hydrogens is 292 g/mol. The monoisotopic (exact) mass is 310 g/mol. The minimum Gasteiger partial charge on any atom is -0.512 e. The van der Waals surface area contributed by atoms with E-state index in [1.807, 2.05) is 36.4 Å². The number of carbonyl (C=O) groups excluding carboxylic acids is 1. The van der Waals surface area contributed by atoms with Crippen molar-refractivity contribution in [2.24, 2.45) is 4.99 Å². The molecule has 1 aromatic heterocycles. The number of aliphatic hydroxyl groups excluding tert-OH is 1. The summed E-state index contributed by atoms with van der Waals surface area (Å²) in [7, 11) is 0. The first-order valence-corrected chi connectivity index (χ1v) is 7.23. The summed E-state index contributed by atoms with van der Waals surface area (Å²) in [5.74, 6) is -0.723. The molecule has 0 spiro atoms. The summed E-state index contributed by atoms with van der Waals surface area (Å²) in [5, 5.41) is 9.60. The molecule has 5 nitrogen and oxygen atoms in total. The second kappa shape index (κ2) is 7.89. The summed E-state index contributed by atoms with van der Waals surface area (Å²) in [4.78, 5) is 20.0. The lowest BCUT2D eigenvalue weighted by atomic mass is 10.1. The number of nitrogens with zero attached hydrogens (tertiary/aromatic N) is 2. The molecule has 5 heteroatoms. The quantitative estimate of drug-likeness (QED) is 0.394. The summed E-state index contributed by atoms with van der Waals surface area (Å²) >= 11 is 0. The van der Waals surface area contributed by atoms with Gasteiger partial charge < -0.3 is 9.84 Å². The van der Waals surface area contributed by atoms with Gasteiger partial charge in [0.1, 0.15) is 11.3 Å². The Morgan fingerprint density at radius 2 is 2.00 bits per heavy atom. The SMILES string of the molecule is CCOC(=O)C(C=Nc1cccc(-c2ccncc2)c1)=C(C)O. The van der Waals surface area contributed by atoms with Crippen molar-refractivity contribution in [3.63, 3.8) is 0 Å². The molecule has 0 aliphatic rings. The van der Waals surface area contributed by atoms with Gasteiger partial charge in [0.15, 0.2) is 0 Å². The number of aromatic nitrogens is 1. The fraction of sp³-hybridized carbons (Fsp3) is 0.167. The van der Waals surface area contributed by atoms with Crippen LogP contribution in [0.25, 0.3) is 11.1 Å². The minimum absolute atomic E-state index is 0.0427. The first-order valence-electron chi connectivity index (χ1n) is 7.23. The number of benzene rings is 1. The summed E-state index contributed by atoms with van der Waals surface area (Å²) in [5.41, 5.74) is 2.73. The number of allylic oxidation sites excluding steroid dienone is 1. The average Bonchev–Trinajstić information content (AvgIpc) is 2.56. The topological polar surface area (TPSA) is 71.8 Å². The van der Waals surface area contributed by atoms with E-state index in [1.165, 1.54) is 13.1 Å². The van der Waals surface area contributed by atoms with Gasteiger partial charge in [0.05, 0.1) is 12.3 Å². The van der Waals surface area contributed by atoms with Crippen molar-refractivity contribution in [3.8, 4) is 11.1 Å². The maximum absolute atomic E-state index is 11.8. The molecule has 0 radical (unpaired) electrons. The molecule has 0 aliphatic heterocycles. The van der Waals surface area contributed by atoms with Gasteiger partial charge in [-0.15, -0.1) is 0 Å². The van der Waals surface area contributed by atoms with Crippen LogP contribution in [0.5, 0.6) is 0 Å². The fourth-order valence-corrected chi connectivity index (χ4v) is 1.95. The number of esters is 1. The van der Waals surface area contributed by atoms with Crippen molar-refractivity contribution in [3.05, 3.63) is 60.1 Å². The van der Waals surface area contributed by atoms with E-state index in [-0.39, 0.29) is 17.9 Å². The zero-order chi connectivity index (χ0) is 16.7. The fourth-order valence-electron chi connectivity index (χ4n) is 1.95. The number of hydrogen-bond donors (Lipinski definition) is 1. The van der Waals surface area contributed by atoms with E-state index in [0.29, 0.717) is 5.69 Å². The zero-order valence-electron chi connectivity index (χ0n) is 13.1. The molecule has 23 heavy (non-hydrogen) atoms. The summed E-state index contributed by atoms with van der Waals surface area (Å²) < 4.78 is 4.89. The second-order valence-corrected chi connectivity index (χ2v) is 4.76. The van der Waals surface area contributed by atoms with Crippen LogP contribution in [0.2, 0.25) is 0 Å². The maximum Gasteiger partial charge on any atom is 0.343 e. The highest BCUT2D eigenvalue weighted by atomic mass is 16.5. The van der Waals surface area contributed by atoms with Crippen LogP contribution in [0.15, 0.2) is 65.1 Å². The lowest BCUT2D eigenvalue weighted by molar-refractivity contribution is -0.138. The Balaban J connectivity index is 2.26. The summed E-state index contributed by atoms with van der Waals surface area (Å²) in [6.07, 6.45) is 4.77. The second-order valence-electron chi connectivity index (χ2n) is 4.76. The number of aliphatic imine (C=N–C) groups is 1. The molecule has 0 bridgehead atoms. The molecular formula is C18H18N2O3. The van der Waals surface area contributed by atoms with E-state index in [0.717, 1.165) is 11.1 Å². The van der Waals surface area contributed by atoms with Gasteiger partial charge in [0.25, 0.3) is 0 Å². The Labute approximate surface area is 135 Å². The Morgan fingerprint density at radius 3 is 2.65 bits per heavy atom. The Kier molecular flexibility index (Phi) is 5.63. The van der Waals surface area contributed by atoms with Crippen LogP contribution in [-0.2, 0) is 9.53 Å². The molecule has 1 aromatic carbocycles. The van der Waals surface area contributed by atoms with Crippen molar-refractivity contribution in [1.82, 2.24) is 4.98 Å². The van der Waals surface area contributed by atoms with Crippen LogP contribution >= 0.6 is 0 Å². The van der Waals surface area contributed by atoms with Crippen LogP contribution < -0.4 is 0 Å². The first-order chi connectivity index (χ1) is 11.1. The van der Waals surface area contributed by atoms with Crippen molar-refractivity contribution in [1.29, 1.82) is 0 Å². The van der Waals surface area contributed by atoms with Gasteiger partial charge in [-0.25, -0.2) is 4.79 Å². The number of hydrogen-bond acceptors (Lipinski definition) is 5. The molecule has 0 saturated carbocycles. The largest absolute Gasteiger partial charge is 0.512 e. The lowest BCUT2D eigenvalue weighted by Crippen LogP contribution is -2.10. The smallest absolute Gasteiger partial charge is 0.343 e. The van der Waals surface area contributed by atoms with Crippen LogP contribution in [0.4, 0.5) is 5.69 Å². The number of aliphatic hydroxyl groups is 1. The van der Waals surface area contributed by atoms with E-state index in [1.54, 1.807) is 19.3 Å². The zero-order valence-corrected chi connectivity index (χ0v) is 13.1. The third-order valence-electron chi connectivity index (χ3n) is 3.09. The average molecular weight is 310 g/mol. The standard InChI is InChI=1S/C18H18N2O3/c1-3-23-18(22)17(13(2)21)12-20-16-6-4-5-15(11-16)14-7-9-19-10-8-14/h4-12,21H,3H2,1-2H3. The molecule has 0 fully saturated rings. The molecule has 1 heterocycles. The molecule has 0 amide bonds. The van der Waals surface area contributed by atoms with Gasteiger partial charge in [0, 0.05) is 18.6 Å². The molecule has 0 aliphatic carbocycles.